The number of nitrogens with zero attached hydrogens (tertiary/aromatic N) is 2. The SMILES string of the molecule is COCC(=O)N1CCC(Oc2ccccc2C(=O)N2CCOC[C@H](O)C2)CC1. The van der Waals surface area contributed by atoms with E-state index >= 15 is 0 Å². The van der Waals surface area contributed by atoms with E-state index < -0.39 is 6.10 Å². The molecule has 1 N–H and O–H groups in total. The summed E-state index contributed by atoms with van der Waals surface area (Å²) in [6, 6.07) is 7.17. The third kappa shape index (κ3) is 5.21. The Morgan fingerprint density at radius 1 is 1.18 bits per heavy atom. The lowest BCUT2D eigenvalue weighted by molar-refractivity contribution is -0.136. The van der Waals surface area contributed by atoms with Crippen molar-refractivity contribution in [2.75, 3.05) is 53.1 Å². The summed E-state index contributed by atoms with van der Waals surface area (Å²) < 4.78 is 16.3. The molecule has 28 heavy (non-hydrogen) atoms. The van der Waals surface area contributed by atoms with Gasteiger partial charge in [-0.25, -0.2) is 0 Å². The highest BCUT2D eigenvalue weighted by Crippen LogP contribution is 2.25. The van der Waals surface area contributed by atoms with E-state index in [4.69, 9.17) is 14.2 Å². The van der Waals surface area contributed by atoms with Crippen LogP contribution in [-0.2, 0) is 14.3 Å². The van der Waals surface area contributed by atoms with Gasteiger partial charge in [-0.3, -0.25) is 9.59 Å². The van der Waals surface area contributed by atoms with Crippen LogP contribution in [0.1, 0.15) is 23.2 Å². The Balaban J connectivity index is 1.63. The minimum Gasteiger partial charge on any atom is -0.489 e. The summed E-state index contributed by atoms with van der Waals surface area (Å²) in [5.74, 6) is 0.347. The summed E-state index contributed by atoms with van der Waals surface area (Å²) in [7, 11) is 1.51. The van der Waals surface area contributed by atoms with E-state index in [1.54, 1.807) is 28.0 Å². The average Bonchev–Trinajstić information content (AvgIpc) is 2.93. The smallest absolute Gasteiger partial charge is 0.257 e. The number of carbonyl (C=O) groups excluding carboxylic acids is 2. The first-order chi connectivity index (χ1) is 13.6. The molecule has 0 unspecified atom stereocenters. The molecule has 2 aliphatic heterocycles. The second-order valence-electron chi connectivity index (χ2n) is 7.11. The van der Waals surface area contributed by atoms with E-state index in [9.17, 15) is 14.7 Å². The molecule has 2 amide bonds. The van der Waals surface area contributed by atoms with E-state index in [2.05, 4.69) is 0 Å². The number of piperidine rings is 1. The summed E-state index contributed by atoms with van der Waals surface area (Å²) in [6.07, 6.45) is 0.662. The number of para-hydroxylation sites is 1. The molecule has 1 aromatic carbocycles. The number of amides is 2. The van der Waals surface area contributed by atoms with E-state index in [1.165, 1.54) is 7.11 Å². The molecule has 0 saturated carbocycles. The third-order valence-corrected chi connectivity index (χ3v) is 5.01. The Kier molecular flexibility index (Phi) is 7.24. The predicted octanol–water partition coefficient (Wildman–Crippen LogP) is 0.536. The van der Waals surface area contributed by atoms with Crippen molar-refractivity contribution in [1.29, 1.82) is 0 Å². The topological polar surface area (TPSA) is 88.5 Å². The van der Waals surface area contributed by atoms with Crippen molar-refractivity contribution in [3.63, 3.8) is 0 Å². The molecule has 1 atom stereocenters. The second kappa shape index (κ2) is 9.86. The first kappa shape index (κ1) is 20.6. The van der Waals surface area contributed by atoms with Crippen LogP contribution in [0.5, 0.6) is 5.75 Å². The first-order valence-electron chi connectivity index (χ1n) is 9.66. The molecule has 0 bridgehead atoms. The molecule has 8 heteroatoms. The molecule has 2 heterocycles. The minimum absolute atomic E-state index is 0.0153. The highest BCUT2D eigenvalue weighted by atomic mass is 16.5. The molecule has 1 aromatic rings. The van der Waals surface area contributed by atoms with E-state index in [-0.39, 0.29) is 37.7 Å². The lowest BCUT2D eigenvalue weighted by atomic mass is 10.1. The quantitative estimate of drug-likeness (QED) is 0.787. The normalized spacial score (nSPS) is 21.3. The van der Waals surface area contributed by atoms with Gasteiger partial charge in [-0.1, -0.05) is 12.1 Å². The third-order valence-electron chi connectivity index (χ3n) is 5.01. The number of methoxy groups -OCH3 is 1. The molecule has 2 aliphatic rings. The monoisotopic (exact) mass is 392 g/mol. The fraction of sp³-hybridized carbons (Fsp3) is 0.600. The van der Waals surface area contributed by atoms with Crippen LogP contribution in [0.25, 0.3) is 0 Å². The van der Waals surface area contributed by atoms with E-state index in [0.717, 1.165) is 0 Å². The molecule has 3 rings (SSSR count). The second-order valence-corrected chi connectivity index (χ2v) is 7.11. The molecular weight excluding hydrogens is 364 g/mol. The van der Waals surface area contributed by atoms with Gasteiger partial charge in [0.25, 0.3) is 5.91 Å². The number of aliphatic hydroxyl groups excluding tert-OH is 1. The molecule has 0 aromatic heterocycles. The van der Waals surface area contributed by atoms with Crippen LogP contribution < -0.4 is 4.74 Å². The Labute approximate surface area is 165 Å². The van der Waals surface area contributed by atoms with Gasteiger partial charge in [-0.05, 0) is 12.1 Å². The highest BCUT2D eigenvalue weighted by Gasteiger charge is 2.27. The Morgan fingerprint density at radius 2 is 1.93 bits per heavy atom. The predicted molar refractivity (Wildman–Crippen MR) is 101 cm³/mol. The van der Waals surface area contributed by atoms with Crippen LogP contribution in [0.4, 0.5) is 0 Å². The molecule has 0 spiro atoms. The minimum atomic E-state index is -0.687. The van der Waals surface area contributed by atoms with Gasteiger partial charge in [-0.15, -0.1) is 0 Å². The maximum absolute atomic E-state index is 13.0. The summed E-state index contributed by atoms with van der Waals surface area (Å²) in [5.41, 5.74) is 0.481. The number of ether oxygens (including phenoxy) is 3. The number of hydrogen-bond donors (Lipinski definition) is 1. The number of rotatable bonds is 5. The molecule has 0 aliphatic carbocycles. The van der Waals surface area contributed by atoms with Gasteiger partial charge < -0.3 is 29.1 Å². The largest absolute Gasteiger partial charge is 0.489 e. The summed E-state index contributed by atoms with van der Waals surface area (Å²) in [5, 5.41) is 9.90. The summed E-state index contributed by atoms with van der Waals surface area (Å²) >= 11 is 0. The fourth-order valence-corrected chi connectivity index (χ4v) is 3.51. The van der Waals surface area contributed by atoms with Crippen molar-refractivity contribution in [3.8, 4) is 5.75 Å². The fourth-order valence-electron chi connectivity index (χ4n) is 3.51. The van der Waals surface area contributed by atoms with Crippen LogP contribution >= 0.6 is 0 Å². The van der Waals surface area contributed by atoms with Gasteiger partial charge >= 0.3 is 0 Å². The first-order valence-corrected chi connectivity index (χ1v) is 9.66. The number of benzene rings is 1. The van der Waals surface area contributed by atoms with Crippen LogP contribution in [-0.4, -0.2) is 92.0 Å². The van der Waals surface area contributed by atoms with Crippen molar-refractivity contribution >= 4 is 11.8 Å². The van der Waals surface area contributed by atoms with Crippen LogP contribution in [0.2, 0.25) is 0 Å². The van der Waals surface area contributed by atoms with E-state index in [0.29, 0.717) is 50.4 Å². The van der Waals surface area contributed by atoms with Crippen molar-refractivity contribution in [3.05, 3.63) is 29.8 Å². The van der Waals surface area contributed by atoms with Gasteiger partial charge in [-0.2, -0.15) is 0 Å². The number of hydrogen-bond acceptors (Lipinski definition) is 6. The van der Waals surface area contributed by atoms with Crippen LogP contribution in [0.3, 0.4) is 0 Å². The van der Waals surface area contributed by atoms with Crippen molar-refractivity contribution < 1.29 is 28.9 Å². The summed E-state index contributed by atoms with van der Waals surface area (Å²) in [6.45, 7) is 2.63. The lowest BCUT2D eigenvalue weighted by Crippen LogP contribution is -2.43. The number of carbonyl (C=O) groups is 2. The van der Waals surface area contributed by atoms with Gasteiger partial charge in [0.1, 0.15) is 18.5 Å². The number of β-amino-alcohol motifs (C(OH)–C–C–N with tert-alkyl or cyclic N) is 1. The van der Waals surface area contributed by atoms with Gasteiger partial charge in [0.05, 0.1) is 24.9 Å². The van der Waals surface area contributed by atoms with E-state index in [1.807, 2.05) is 6.07 Å². The average molecular weight is 392 g/mol. The molecular formula is C20H28N2O6. The molecule has 154 valence electrons. The Bertz CT molecular complexity index is 674. The zero-order chi connectivity index (χ0) is 19.9. The summed E-state index contributed by atoms with van der Waals surface area (Å²) in [4.78, 5) is 28.3. The Morgan fingerprint density at radius 3 is 2.68 bits per heavy atom. The number of aliphatic hydroxyl groups is 1. The van der Waals surface area contributed by atoms with Crippen molar-refractivity contribution in [2.45, 2.75) is 25.0 Å². The van der Waals surface area contributed by atoms with Crippen molar-refractivity contribution in [1.82, 2.24) is 9.80 Å². The molecule has 2 saturated heterocycles. The maximum Gasteiger partial charge on any atom is 0.257 e. The maximum atomic E-state index is 13.0. The molecule has 2 fully saturated rings. The number of likely N-dealkylation sites (tertiary alicyclic amines) is 1. The molecule has 8 nitrogen and oxygen atoms in total. The zero-order valence-corrected chi connectivity index (χ0v) is 16.2. The van der Waals surface area contributed by atoms with Gasteiger partial charge in [0.15, 0.2) is 0 Å². The van der Waals surface area contributed by atoms with Crippen molar-refractivity contribution in [2.24, 2.45) is 0 Å². The van der Waals surface area contributed by atoms with Crippen LogP contribution in [0.15, 0.2) is 24.3 Å². The van der Waals surface area contributed by atoms with Crippen LogP contribution in [0, 0.1) is 0 Å². The van der Waals surface area contributed by atoms with Gasteiger partial charge in [0, 0.05) is 46.1 Å². The zero-order valence-electron chi connectivity index (χ0n) is 16.2. The highest BCUT2D eigenvalue weighted by molar-refractivity contribution is 5.97. The Hall–Kier alpha value is -2.16. The standard InChI is InChI=1S/C20H28N2O6/c1-26-14-19(24)21-8-6-16(7-9-21)28-18-5-3-2-4-17(18)20(25)22-10-11-27-13-15(23)12-22/h2-5,15-16,23H,6-14H2,1H3/t15-/m1/s1. The molecule has 0 radical (unpaired) electrons. The lowest BCUT2D eigenvalue weighted by Gasteiger charge is -2.32. The van der Waals surface area contributed by atoms with Gasteiger partial charge in [0.2, 0.25) is 5.91 Å².